The van der Waals surface area contributed by atoms with Gasteiger partial charge in [-0.25, -0.2) is 0 Å². The maximum Gasteiger partial charge on any atom is 0.254 e. The summed E-state index contributed by atoms with van der Waals surface area (Å²) in [6.45, 7) is 2.70. The van der Waals surface area contributed by atoms with Crippen LogP contribution in [0.15, 0.2) is 77.7 Å². The Labute approximate surface area is 181 Å². The number of ketones is 1. The van der Waals surface area contributed by atoms with Crippen LogP contribution in [0.2, 0.25) is 0 Å². The Hall–Kier alpha value is -3.22. The molecular formula is C25H26N2O4. The Bertz CT molecular complexity index is 1080. The molecule has 0 unspecified atom stereocenters. The zero-order valence-electron chi connectivity index (χ0n) is 17.3. The molecule has 4 rings (SSSR count). The van der Waals surface area contributed by atoms with E-state index in [9.17, 15) is 14.7 Å². The highest BCUT2D eigenvalue weighted by atomic mass is 16.5. The van der Waals surface area contributed by atoms with Gasteiger partial charge in [0.05, 0.1) is 12.6 Å². The lowest BCUT2D eigenvalue weighted by Crippen LogP contribution is -2.23. The molecule has 6 heteroatoms. The van der Waals surface area contributed by atoms with Crippen molar-refractivity contribution in [2.75, 3.05) is 13.1 Å². The summed E-state index contributed by atoms with van der Waals surface area (Å²) in [4.78, 5) is 27.2. The van der Waals surface area contributed by atoms with Gasteiger partial charge in [-0.2, -0.15) is 0 Å². The van der Waals surface area contributed by atoms with Crippen LogP contribution in [-0.2, 0) is 19.7 Å². The zero-order valence-corrected chi connectivity index (χ0v) is 17.3. The van der Waals surface area contributed by atoms with Crippen molar-refractivity contribution in [3.05, 3.63) is 100.0 Å². The van der Waals surface area contributed by atoms with Crippen LogP contribution in [0.4, 0.5) is 0 Å². The highest BCUT2D eigenvalue weighted by Crippen LogP contribution is 2.15. The topological polar surface area (TPSA) is 71.8 Å². The molecule has 2 heterocycles. The molecule has 1 aliphatic rings. The maximum absolute atomic E-state index is 12.6. The molecule has 31 heavy (non-hydrogen) atoms. The smallest absolute Gasteiger partial charge is 0.254 e. The lowest BCUT2D eigenvalue weighted by Gasteiger charge is -2.15. The lowest BCUT2D eigenvalue weighted by atomic mass is 10.1. The summed E-state index contributed by atoms with van der Waals surface area (Å²) in [6.07, 6.45) is 2.16. The highest BCUT2D eigenvalue weighted by molar-refractivity contribution is 5.95. The Morgan fingerprint density at radius 1 is 1.03 bits per heavy atom. The average Bonchev–Trinajstić information content (AvgIpc) is 3.19. The minimum Gasteiger partial charge on any atom is -0.489 e. The van der Waals surface area contributed by atoms with Gasteiger partial charge in [0.2, 0.25) is 0 Å². The highest BCUT2D eigenvalue weighted by Gasteiger charge is 2.20. The van der Waals surface area contributed by atoms with Gasteiger partial charge in [-0.15, -0.1) is 0 Å². The quantitative estimate of drug-likeness (QED) is 0.570. The molecule has 0 aliphatic carbocycles. The number of aromatic nitrogens is 1. The predicted octanol–water partition coefficient (Wildman–Crippen LogP) is 2.88. The molecule has 0 radical (unpaired) electrons. The van der Waals surface area contributed by atoms with Gasteiger partial charge in [-0.1, -0.05) is 54.6 Å². The van der Waals surface area contributed by atoms with Crippen molar-refractivity contribution in [1.29, 1.82) is 0 Å². The number of ether oxygens (including phenoxy) is 1. The minimum atomic E-state index is -0.275. The van der Waals surface area contributed by atoms with Gasteiger partial charge >= 0.3 is 0 Å². The first-order valence-electron chi connectivity index (χ1n) is 10.5. The SMILES string of the molecule is O=C(Cn1ccc(OCc2ccccc2)cc1=O)c1ccc(CN2CC[C@@H](O)C2)cc1. The molecule has 160 valence electrons. The molecule has 6 nitrogen and oxygen atoms in total. The minimum absolute atomic E-state index is 0.0184. The normalized spacial score (nSPS) is 16.4. The fraction of sp³-hybridized carbons (Fsp3) is 0.280. The summed E-state index contributed by atoms with van der Waals surface area (Å²) in [5, 5.41) is 9.63. The Morgan fingerprint density at radius 3 is 2.48 bits per heavy atom. The van der Waals surface area contributed by atoms with E-state index in [4.69, 9.17) is 4.74 Å². The van der Waals surface area contributed by atoms with Crippen molar-refractivity contribution >= 4 is 5.78 Å². The Morgan fingerprint density at radius 2 is 1.81 bits per heavy atom. The van der Waals surface area contributed by atoms with Crippen LogP contribution in [0.1, 0.15) is 27.9 Å². The molecule has 1 saturated heterocycles. The van der Waals surface area contributed by atoms with Gasteiger partial charge in [0.1, 0.15) is 12.4 Å². The summed E-state index contributed by atoms with van der Waals surface area (Å²) in [7, 11) is 0. The molecule has 1 aliphatic heterocycles. The van der Waals surface area contributed by atoms with Crippen LogP contribution in [0.3, 0.4) is 0 Å². The number of carbonyl (C=O) groups is 1. The van der Waals surface area contributed by atoms with Gasteiger partial charge < -0.3 is 14.4 Å². The van der Waals surface area contributed by atoms with Crippen LogP contribution in [-0.4, -0.2) is 39.6 Å². The first-order valence-corrected chi connectivity index (χ1v) is 10.5. The number of β-amino-alcohol motifs (C(OH)–C–C–N with tert-alkyl or cyclic N) is 1. The van der Waals surface area contributed by atoms with E-state index in [1.54, 1.807) is 24.4 Å². The van der Waals surface area contributed by atoms with Crippen molar-refractivity contribution in [2.24, 2.45) is 0 Å². The molecule has 1 atom stereocenters. The maximum atomic E-state index is 12.6. The summed E-state index contributed by atoms with van der Waals surface area (Å²) in [6, 6.07) is 20.3. The van der Waals surface area contributed by atoms with Gasteiger partial charge in [0.15, 0.2) is 5.78 Å². The van der Waals surface area contributed by atoms with Crippen molar-refractivity contribution in [1.82, 2.24) is 9.47 Å². The largest absolute Gasteiger partial charge is 0.489 e. The number of aliphatic hydroxyl groups is 1. The third-order valence-electron chi connectivity index (χ3n) is 5.46. The van der Waals surface area contributed by atoms with Crippen molar-refractivity contribution in [2.45, 2.75) is 32.2 Å². The second-order valence-electron chi connectivity index (χ2n) is 7.90. The number of pyridine rings is 1. The van der Waals surface area contributed by atoms with Gasteiger partial charge in [0, 0.05) is 37.5 Å². The van der Waals surface area contributed by atoms with Gasteiger partial charge in [-0.05, 0) is 23.6 Å². The molecule has 1 N–H and O–H groups in total. The molecule has 1 fully saturated rings. The number of rotatable bonds is 8. The van der Waals surface area contributed by atoms with Gasteiger partial charge in [-0.3, -0.25) is 14.5 Å². The first-order chi connectivity index (χ1) is 15.1. The molecule has 0 spiro atoms. The fourth-order valence-electron chi connectivity index (χ4n) is 3.71. The summed E-state index contributed by atoms with van der Waals surface area (Å²) < 4.78 is 7.06. The van der Waals surface area contributed by atoms with Crippen LogP contribution in [0.25, 0.3) is 0 Å². The number of aliphatic hydroxyl groups excluding tert-OH is 1. The van der Waals surface area contributed by atoms with Crippen molar-refractivity contribution in [3.8, 4) is 5.75 Å². The Kier molecular flexibility index (Phi) is 6.60. The van der Waals surface area contributed by atoms with E-state index in [-0.39, 0.29) is 24.0 Å². The van der Waals surface area contributed by atoms with Crippen LogP contribution >= 0.6 is 0 Å². The first kappa shape index (κ1) is 21.0. The monoisotopic (exact) mass is 418 g/mol. The number of hydrogen-bond donors (Lipinski definition) is 1. The number of Topliss-reactive ketones (excluding diaryl/α,β-unsaturated/α-hetero) is 1. The van der Waals surface area contributed by atoms with E-state index in [1.165, 1.54) is 10.6 Å². The lowest BCUT2D eigenvalue weighted by molar-refractivity contribution is 0.0970. The third-order valence-corrected chi connectivity index (χ3v) is 5.46. The molecular weight excluding hydrogens is 392 g/mol. The molecule has 0 amide bonds. The summed E-state index contributed by atoms with van der Waals surface area (Å²) in [5.41, 5.74) is 2.42. The molecule has 0 saturated carbocycles. The van der Waals surface area contributed by atoms with Crippen LogP contribution < -0.4 is 10.3 Å². The van der Waals surface area contributed by atoms with Crippen LogP contribution in [0, 0.1) is 0 Å². The second kappa shape index (κ2) is 9.73. The fourth-order valence-corrected chi connectivity index (χ4v) is 3.71. The number of likely N-dealkylation sites (tertiary alicyclic amines) is 1. The van der Waals surface area contributed by atoms with E-state index in [0.717, 1.165) is 30.6 Å². The number of nitrogens with zero attached hydrogens (tertiary/aromatic N) is 2. The number of hydrogen-bond acceptors (Lipinski definition) is 5. The van der Waals surface area contributed by atoms with E-state index in [0.29, 0.717) is 24.5 Å². The zero-order chi connectivity index (χ0) is 21.6. The number of carbonyl (C=O) groups excluding carboxylic acids is 1. The summed E-state index contributed by atoms with van der Waals surface area (Å²) >= 11 is 0. The van der Waals surface area contributed by atoms with E-state index < -0.39 is 0 Å². The number of benzene rings is 2. The van der Waals surface area contributed by atoms with Gasteiger partial charge in [0.25, 0.3) is 5.56 Å². The predicted molar refractivity (Wildman–Crippen MR) is 118 cm³/mol. The molecule has 3 aromatic rings. The van der Waals surface area contributed by atoms with E-state index in [1.807, 2.05) is 42.5 Å². The van der Waals surface area contributed by atoms with Crippen LogP contribution in [0.5, 0.6) is 5.75 Å². The van der Waals surface area contributed by atoms with E-state index >= 15 is 0 Å². The third kappa shape index (κ3) is 5.69. The summed E-state index contributed by atoms with van der Waals surface area (Å²) in [5.74, 6) is 0.358. The van der Waals surface area contributed by atoms with Crippen molar-refractivity contribution in [3.63, 3.8) is 0 Å². The second-order valence-corrected chi connectivity index (χ2v) is 7.90. The van der Waals surface area contributed by atoms with Crippen molar-refractivity contribution < 1.29 is 14.6 Å². The molecule has 2 aromatic carbocycles. The standard InChI is InChI=1S/C25H26N2O4/c28-22-10-12-26(16-22)15-19-6-8-21(9-7-19)24(29)17-27-13-11-23(14-25(27)30)31-18-20-4-2-1-3-5-20/h1-9,11,13-14,22,28H,10,12,15-18H2/t22-/m1/s1. The Balaban J connectivity index is 1.34. The molecule has 0 bridgehead atoms. The van der Waals surface area contributed by atoms with E-state index in [2.05, 4.69) is 4.90 Å². The molecule has 1 aromatic heterocycles. The average molecular weight is 418 g/mol.